The Morgan fingerprint density at radius 2 is 1.95 bits per heavy atom. The lowest BCUT2D eigenvalue weighted by molar-refractivity contribution is -0.137. The second-order valence-electron chi connectivity index (χ2n) is 9.76. The minimum atomic E-state index is -0.923. The number of carboxylic acid groups (broad SMARTS) is 1. The molecule has 0 radical (unpaired) electrons. The number of aromatic nitrogens is 4. The van der Waals surface area contributed by atoms with Crippen LogP contribution in [0, 0.1) is 0 Å². The minimum Gasteiger partial charge on any atom is -0.493 e. The largest absolute Gasteiger partial charge is 0.493 e. The first-order valence-corrected chi connectivity index (χ1v) is 13.1. The lowest BCUT2D eigenvalue weighted by Gasteiger charge is -2.19. The number of rotatable bonds is 9. The number of carboxylic acids is 1. The van der Waals surface area contributed by atoms with Gasteiger partial charge in [-0.15, -0.1) is 0 Å². The summed E-state index contributed by atoms with van der Waals surface area (Å²) in [7, 11) is 0. The number of benzene rings is 1. The Morgan fingerprint density at radius 3 is 2.82 bits per heavy atom. The van der Waals surface area contributed by atoms with E-state index in [1.807, 2.05) is 24.3 Å². The van der Waals surface area contributed by atoms with Crippen LogP contribution in [0.3, 0.4) is 0 Å². The summed E-state index contributed by atoms with van der Waals surface area (Å²) in [6.07, 6.45) is 9.87. The van der Waals surface area contributed by atoms with Crippen LogP contribution < -0.4 is 4.74 Å². The summed E-state index contributed by atoms with van der Waals surface area (Å²) in [4.78, 5) is 21.0. The molecule has 0 saturated carbocycles. The number of carbonyl (C=O) groups is 1. The summed E-state index contributed by atoms with van der Waals surface area (Å²) in [5.41, 5.74) is 5.98. The molecule has 1 fully saturated rings. The Morgan fingerprint density at radius 1 is 1.08 bits per heavy atom. The van der Waals surface area contributed by atoms with Crippen molar-refractivity contribution >= 4 is 16.9 Å². The third kappa shape index (κ3) is 5.25. The zero-order valence-electron chi connectivity index (χ0n) is 21.1. The molecule has 1 aliphatic carbocycles. The Kier molecular flexibility index (Phi) is 7.02. The average Bonchev–Trinajstić information content (AvgIpc) is 3.62. The molecule has 196 valence electrons. The first-order chi connectivity index (χ1) is 18.6. The van der Waals surface area contributed by atoms with Crippen LogP contribution in [0.2, 0.25) is 0 Å². The summed E-state index contributed by atoms with van der Waals surface area (Å²) >= 11 is 0. The van der Waals surface area contributed by atoms with E-state index in [9.17, 15) is 9.90 Å². The SMILES string of the molecule is O=C(O)C[C@H](c1cncc(C2OCCO2)c1)n1ncc2cc(OCCc3ccc4c(n3)CCCC4)ccc21. The second kappa shape index (κ2) is 10.9. The van der Waals surface area contributed by atoms with Gasteiger partial charge in [0, 0.05) is 41.2 Å². The molecule has 0 unspecified atom stereocenters. The van der Waals surface area contributed by atoms with Crippen LogP contribution in [-0.2, 0) is 33.5 Å². The predicted molar refractivity (Wildman–Crippen MR) is 139 cm³/mol. The van der Waals surface area contributed by atoms with Gasteiger partial charge in [0.25, 0.3) is 0 Å². The summed E-state index contributed by atoms with van der Waals surface area (Å²) < 4.78 is 19.0. The molecule has 4 heterocycles. The molecule has 1 aliphatic heterocycles. The Hall–Kier alpha value is -3.82. The lowest BCUT2D eigenvalue weighted by atomic mass is 9.96. The van der Waals surface area contributed by atoms with E-state index in [0.717, 1.165) is 52.7 Å². The monoisotopic (exact) mass is 514 g/mol. The smallest absolute Gasteiger partial charge is 0.305 e. The third-order valence-corrected chi connectivity index (χ3v) is 7.15. The highest BCUT2D eigenvalue weighted by Gasteiger charge is 2.24. The van der Waals surface area contributed by atoms with Crippen molar-refractivity contribution < 1.29 is 24.1 Å². The number of hydrogen-bond acceptors (Lipinski definition) is 7. The van der Waals surface area contributed by atoms with Crippen LogP contribution in [0.1, 0.15) is 59.7 Å². The number of pyridine rings is 2. The topological polar surface area (TPSA) is 109 Å². The number of fused-ring (bicyclic) bond motifs is 2. The third-order valence-electron chi connectivity index (χ3n) is 7.15. The molecule has 6 rings (SSSR count). The van der Waals surface area contributed by atoms with Gasteiger partial charge in [-0.3, -0.25) is 19.4 Å². The molecule has 0 amide bonds. The van der Waals surface area contributed by atoms with Gasteiger partial charge in [-0.25, -0.2) is 0 Å². The quantitative estimate of drug-likeness (QED) is 0.349. The van der Waals surface area contributed by atoms with Crippen LogP contribution in [-0.4, -0.2) is 50.6 Å². The molecule has 1 atom stereocenters. The van der Waals surface area contributed by atoms with E-state index < -0.39 is 18.3 Å². The molecule has 9 heteroatoms. The van der Waals surface area contributed by atoms with Crippen molar-refractivity contribution in [2.24, 2.45) is 0 Å². The summed E-state index contributed by atoms with van der Waals surface area (Å²) in [5.74, 6) is -0.183. The van der Waals surface area contributed by atoms with Gasteiger partial charge in [0.2, 0.25) is 0 Å². The van der Waals surface area contributed by atoms with Gasteiger partial charge >= 0.3 is 5.97 Å². The number of hydrogen-bond donors (Lipinski definition) is 1. The molecule has 4 aromatic rings. The van der Waals surface area contributed by atoms with E-state index in [2.05, 4.69) is 22.2 Å². The van der Waals surface area contributed by atoms with Gasteiger partial charge in [-0.2, -0.15) is 5.10 Å². The molecule has 2 aliphatic rings. The van der Waals surface area contributed by atoms with Crippen LogP contribution >= 0.6 is 0 Å². The molecular formula is C29H30N4O5. The van der Waals surface area contributed by atoms with E-state index in [4.69, 9.17) is 19.2 Å². The molecule has 1 saturated heterocycles. The molecule has 0 spiro atoms. The molecular weight excluding hydrogens is 484 g/mol. The van der Waals surface area contributed by atoms with Crippen molar-refractivity contribution in [2.45, 2.75) is 50.9 Å². The van der Waals surface area contributed by atoms with Crippen LogP contribution in [0.5, 0.6) is 5.75 Å². The summed E-state index contributed by atoms with van der Waals surface area (Å²) in [6, 6.07) is 11.4. The van der Waals surface area contributed by atoms with Gasteiger partial charge < -0.3 is 19.3 Å². The van der Waals surface area contributed by atoms with Crippen molar-refractivity contribution in [3.63, 3.8) is 0 Å². The van der Waals surface area contributed by atoms with E-state index in [1.165, 1.54) is 24.1 Å². The Balaban J connectivity index is 1.19. The van der Waals surface area contributed by atoms with Crippen molar-refractivity contribution in [1.82, 2.24) is 19.7 Å². The normalized spacial score (nSPS) is 16.4. The number of aryl methyl sites for hydroxylation is 2. The molecule has 0 bridgehead atoms. The van der Waals surface area contributed by atoms with Crippen LogP contribution in [0.4, 0.5) is 0 Å². The maximum Gasteiger partial charge on any atom is 0.305 e. The number of aliphatic carboxylic acids is 1. The fourth-order valence-corrected chi connectivity index (χ4v) is 5.26. The lowest BCUT2D eigenvalue weighted by Crippen LogP contribution is -2.17. The molecule has 1 aromatic carbocycles. The maximum atomic E-state index is 11.8. The Bertz CT molecular complexity index is 1450. The van der Waals surface area contributed by atoms with E-state index in [1.54, 1.807) is 23.3 Å². The zero-order chi connectivity index (χ0) is 25.9. The van der Waals surface area contributed by atoms with E-state index >= 15 is 0 Å². The molecule has 1 N–H and O–H groups in total. The predicted octanol–water partition coefficient (Wildman–Crippen LogP) is 4.44. The second-order valence-corrected chi connectivity index (χ2v) is 9.76. The van der Waals surface area contributed by atoms with Gasteiger partial charge in [0.1, 0.15) is 5.75 Å². The van der Waals surface area contributed by atoms with Crippen molar-refractivity contribution in [2.75, 3.05) is 19.8 Å². The Labute approximate surface area is 220 Å². The fourth-order valence-electron chi connectivity index (χ4n) is 5.26. The highest BCUT2D eigenvalue weighted by atomic mass is 16.7. The van der Waals surface area contributed by atoms with Gasteiger partial charge in [-0.1, -0.05) is 6.07 Å². The molecule has 9 nitrogen and oxygen atoms in total. The first-order valence-electron chi connectivity index (χ1n) is 13.1. The average molecular weight is 515 g/mol. The van der Waals surface area contributed by atoms with Crippen LogP contribution in [0.15, 0.2) is 55.0 Å². The van der Waals surface area contributed by atoms with Crippen molar-refractivity contribution in [3.8, 4) is 5.75 Å². The van der Waals surface area contributed by atoms with Crippen molar-refractivity contribution in [1.29, 1.82) is 0 Å². The standard InChI is InChI=1S/C29H30N4O5/c34-28(35)15-27(20-13-22(17-30-16-20)29-37-11-12-38-29)33-26-8-7-24(14-21(26)18-31-33)36-10-9-23-6-5-19-3-1-2-4-25(19)32-23/h5-8,13-14,16-18,27,29H,1-4,9-12,15H2,(H,34,35)/t27-/m1/s1. The molecule has 38 heavy (non-hydrogen) atoms. The van der Waals surface area contributed by atoms with Gasteiger partial charge in [-0.05, 0) is 67.1 Å². The van der Waals surface area contributed by atoms with Gasteiger partial charge in [0.15, 0.2) is 6.29 Å². The highest BCUT2D eigenvalue weighted by Crippen LogP contribution is 2.31. The molecule has 3 aromatic heterocycles. The number of ether oxygens (including phenoxy) is 3. The van der Waals surface area contributed by atoms with E-state index in [-0.39, 0.29) is 6.42 Å². The first kappa shape index (κ1) is 24.5. The van der Waals surface area contributed by atoms with Crippen LogP contribution in [0.25, 0.3) is 10.9 Å². The minimum absolute atomic E-state index is 0.139. The number of nitrogens with zero attached hydrogens (tertiary/aromatic N) is 4. The maximum absolute atomic E-state index is 11.8. The fraction of sp³-hybridized carbons (Fsp3) is 0.379. The van der Waals surface area contributed by atoms with Gasteiger partial charge in [0.05, 0.1) is 44.0 Å². The van der Waals surface area contributed by atoms with Crippen molar-refractivity contribution in [3.05, 3.63) is 83.1 Å². The zero-order valence-corrected chi connectivity index (χ0v) is 21.1. The van der Waals surface area contributed by atoms with E-state index in [0.29, 0.717) is 19.8 Å². The highest BCUT2D eigenvalue weighted by molar-refractivity contribution is 5.81. The summed E-state index contributed by atoms with van der Waals surface area (Å²) in [6.45, 7) is 1.56. The summed E-state index contributed by atoms with van der Waals surface area (Å²) in [5, 5.41) is 15.1.